The summed E-state index contributed by atoms with van der Waals surface area (Å²) in [6, 6.07) is 15.6. The summed E-state index contributed by atoms with van der Waals surface area (Å²) in [4.78, 5) is 39.4. The molecule has 0 aliphatic carbocycles. The highest BCUT2D eigenvalue weighted by atomic mass is 16.2. The maximum absolute atomic E-state index is 12.3. The summed E-state index contributed by atoms with van der Waals surface area (Å²) >= 11 is 0. The number of nitrogens with zero attached hydrogens (tertiary/aromatic N) is 4. The zero-order valence-electron chi connectivity index (χ0n) is 19.9. The van der Waals surface area contributed by atoms with E-state index in [1.165, 1.54) is 0 Å². The summed E-state index contributed by atoms with van der Waals surface area (Å²) in [5, 5.41) is 6.94. The van der Waals surface area contributed by atoms with Gasteiger partial charge in [-0.3, -0.25) is 14.6 Å². The summed E-state index contributed by atoms with van der Waals surface area (Å²) in [6.07, 6.45) is 3.63. The molecule has 2 N–H and O–H groups in total. The van der Waals surface area contributed by atoms with E-state index < -0.39 is 0 Å². The van der Waals surface area contributed by atoms with Crippen LogP contribution in [0.1, 0.15) is 34.3 Å². The molecule has 2 amide bonds. The number of fused-ring (bicyclic) bond motifs is 2. The Bertz CT molecular complexity index is 1450. The first-order chi connectivity index (χ1) is 17.0. The molecule has 0 bridgehead atoms. The quantitative estimate of drug-likeness (QED) is 0.449. The van der Waals surface area contributed by atoms with Gasteiger partial charge in [-0.2, -0.15) is 0 Å². The molecule has 1 aliphatic rings. The van der Waals surface area contributed by atoms with Crippen molar-refractivity contribution in [1.29, 1.82) is 0 Å². The monoisotopic (exact) mass is 466 g/mol. The van der Waals surface area contributed by atoms with Crippen LogP contribution in [0.2, 0.25) is 0 Å². The van der Waals surface area contributed by atoms with Crippen LogP contribution in [-0.4, -0.2) is 47.4 Å². The minimum Gasteiger partial charge on any atom is -0.369 e. The lowest BCUT2D eigenvalue weighted by atomic mass is 9.96. The molecule has 2 aromatic heterocycles. The Morgan fingerprint density at radius 2 is 1.97 bits per heavy atom. The third-order valence-corrected chi connectivity index (χ3v) is 6.51. The van der Waals surface area contributed by atoms with E-state index in [4.69, 9.17) is 0 Å². The fourth-order valence-electron chi connectivity index (χ4n) is 4.54. The van der Waals surface area contributed by atoms with E-state index >= 15 is 0 Å². The first-order valence-electron chi connectivity index (χ1n) is 11.5. The van der Waals surface area contributed by atoms with Gasteiger partial charge >= 0.3 is 0 Å². The Morgan fingerprint density at radius 1 is 1.11 bits per heavy atom. The number of anilines is 2. The Hall–Kier alpha value is -4.33. The molecule has 35 heavy (non-hydrogen) atoms. The molecule has 4 aromatic rings. The van der Waals surface area contributed by atoms with Crippen LogP contribution in [0.25, 0.3) is 22.2 Å². The number of amides is 2. The fourth-order valence-corrected chi connectivity index (χ4v) is 4.54. The molecule has 2 aromatic carbocycles. The average molecular weight is 467 g/mol. The van der Waals surface area contributed by atoms with Crippen LogP contribution < -0.4 is 15.5 Å². The van der Waals surface area contributed by atoms with E-state index in [1.54, 1.807) is 37.6 Å². The maximum atomic E-state index is 12.3. The smallest absolute Gasteiger partial charge is 0.251 e. The lowest BCUT2D eigenvalue weighted by Crippen LogP contribution is -2.20. The maximum Gasteiger partial charge on any atom is 0.251 e. The first-order valence-corrected chi connectivity index (χ1v) is 11.5. The van der Waals surface area contributed by atoms with Crippen molar-refractivity contribution < 1.29 is 9.59 Å². The minimum absolute atomic E-state index is 0.0987. The van der Waals surface area contributed by atoms with Gasteiger partial charge in [-0.25, -0.2) is 9.97 Å². The van der Waals surface area contributed by atoms with Crippen LogP contribution in [0.3, 0.4) is 0 Å². The number of para-hydroxylation sites is 1. The second-order valence-corrected chi connectivity index (χ2v) is 8.72. The predicted octanol–water partition coefficient (Wildman–Crippen LogP) is 3.79. The molecule has 1 aliphatic heterocycles. The van der Waals surface area contributed by atoms with Crippen molar-refractivity contribution in [3.8, 4) is 11.3 Å². The van der Waals surface area contributed by atoms with Gasteiger partial charge in [0.05, 0.1) is 23.2 Å². The number of aromatic nitrogens is 3. The van der Waals surface area contributed by atoms with E-state index in [0.717, 1.165) is 44.8 Å². The molecule has 0 saturated heterocycles. The number of carbonyl (C=O) groups is 2. The molecule has 5 rings (SSSR count). The third kappa shape index (κ3) is 4.19. The van der Waals surface area contributed by atoms with Crippen LogP contribution >= 0.6 is 0 Å². The number of hydrogen-bond donors (Lipinski definition) is 2. The molecule has 1 atom stereocenters. The molecule has 0 fully saturated rings. The summed E-state index contributed by atoms with van der Waals surface area (Å²) in [7, 11) is 3.42. The van der Waals surface area contributed by atoms with E-state index in [0.29, 0.717) is 18.5 Å². The van der Waals surface area contributed by atoms with Gasteiger partial charge in [0.2, 0.25) is 5.91 Å². The largest absolute Gasteiger partial charge is 0.369 e. The van der Waals surface area contributed by atoms with Gasteiger partial charge < -0.3 is 15.5 Å². The normalized spacial score (nSPS) is 13.6. The number of rotatable bonds is 6. The zero-order chi connectivity index (χ0) is 24.5. The number of nitrogens with one attached hydrogen (secondary N) is 2. The van der Waals surface area contributed by atoms with E-state index in [-0.39, 0.29) is 17.7 Å². The van der Waals surface area contributed by atoms with Crippen molar-refractivity contribution in [3.63, 3.8) is 0 Å². The highest BCUT2D eigenvalue weighted by Crippen LogP contribution is 2.32. The molecular formula is C27H26N6O2. The highest BCUT2D eigenvalue weighted by molar-refractivity contribution is 6.06. The molecule has 0 radical (unpaired) electrons. The van der Waals surface area contributed by atoms with Crippen molar-refractivity contribution in [3.05, 3.63) is 77.7 Å². The minimum atomic E-state index is -0.128. The summed E-state index contributed by atoms with van der Waals surface area (Å²) < 4.78 is 0. The number of carbonyl (C=O) groups excluding carboxylic acids is 2. The van der Waals surface area contributed by atoms with Crippen molar-refractivity contribution in [2.24, 2.45) is 0 Å². The van der Waals surface area contributed by atoms with Crippen LogP contribution in [0.4, 0.5) is 11.5 Å². The predicted molar refractivity (Wildman–Crippen MR) is 137 cm³/mol. The molecule has 8 heteroatoms. The van der Waals surface area contributed by atoms with E-state index in [9.17, 15) is 9.59 Å². The van der Waals surface area contributed by atoms with Gasteiger partial charge in [-0.15, -0.1) is 0 Å². The molecule has 8 nitrogen and oxygen atoms in total. The Kier molecular flexibility index (Phi) is 5.86. The standard InChI is InChI=1S/C27H26N6O2/c1-16(19-5-4-6-20-21(27(35)28-2)9-10-29-26(19)20)14-30-24-13-22(31-15-32-24)17-7-8-23-18(11-17)12-25(34)33(23)3/h4-11,13,15-16H,12,14H2,1-3H3,(H,28,35)(H,30,31,32)/t16-/m1/s1. The van der Waals surface area contributed by atoms with Crippen molar-refractivity contribution in [2.75, 3.05) is 30.9 Å². The van der Waals surface area contributed by atoms with Crippen molar-refractivity contribution in [1.82, 2.24) is 20.3 Å². The van der Waals surface area contributed by atoms with Gasteiger partial charge in [-0.05, 0) is 29.3 Å². The van der Waals surface area contributed by atoms with Crippen LogP contribution in [0, 0.1) is 0 Å². The van der Waals surface area contributed by atoms with Crippen LogP contribution in [0.15, 0.2) is 61.1 Å². The number of hydrogen-bond acceptors (Lipinski definition) is 6. The molecule has 3 heterocycles. The van der Waals surface area contributed by atoms with Gasteiger partial charge in [0.15, 0.2) is 0 Å². The van der Waals surface area contributed by atoms with Crippen molar-refractivity contribution in [2.45, 2.75) is 19.3 Å². The lowest BCUT2D eigenvalue weighted by molar-refractivity contribution is -0.117. The van der Waals surface area contributed by atoms with Gasteiger partial charge in [0.1, 0.15) is 12.1 Å². The Labute approximate surface area is 203 Å². The van der Waals surface area contributed by atoms with Gasteiger partial charge in [0, 0.05) is 55.5 Å². The van der Waals surface area contributed by atoms with Crippen LogP contribution in [0.5, 0.6) is 0 Å². The second-order valence-electron chi connectivity index (χ2n) is 8.72. The lowest BCUT2D eigenvalue weighted by Gasteiger charge is -2.16. The SMILES string of the molecule is CNC(=O)c1ccnc2c([C@H](C)CNc3cc(-c4ccc5c(c4)CC(=O)N5C)ncn3)cccc12. The molecular weight excluding hydrogens is 440 g/mol. The Morgan fingerprint density at radius 3 is 2.80 bits per heavy atom. The van der Waals surface area contributed by atoms with Gasteiger partial charge in [-0.1, -0.05) is 31.2 Å². The molecule has 0 spiro atoms. The van der Waals surface area contributed by atoms with E-state index in [1.807, 2.05) is 42.5 Å². The Balaban J connectivity index is 1.35. The summed E-state index contributed by atoms with van der Waals surface area (Å²) in [5.74, 6) is 0.804. The van der Waals surface area contributed by atoms with Gasteiger partial charge in [0.25, 0.3) is 5.91 Å². The number of benzene rings is 2. The van der Waals surface area contributed by atoms with Crippen LogP contribution in [-0.2, 0) is 11.2 Å². The zero-order valence-corrected chi connectivity index (χ0v) is 19.9. The highest BCUT2D eigenvalue weighted by Gasteiger charge is 2.24. The summed E-state index contributed by atoms with van der Waals surface area (Å²) in [5.41, 5.74) is 6.19. The molecule has 176 valence electrons. The first kappa shape index (κ1) is 22.5. The van der Waals surface area contributed by atoms with Crippen molar-refractivity contribution >= 4 is 34.2 Å². The third-order valence-electron chi connectivity index (χ3n) is 6.51. The topological polar surface area (TPSA) is 100 Å². The number of likely N-dealkylation sites (N-methyl/N-ethyl adjacent to an activating group) is 1. The summed E-state index contributed by atoms with van der Waals surface area (Å²) in [6.45, 7) is 2.75. The van der Waals surface area contributed by atoms with E-state index in [2.05, 4.69) is 32.5 Å². The number of pyridine rings is 1. The average Bonchev–Trinajstić information content (AvgIpc) is 3.18. The second kappa shape index (κ2) is 9.13. The fraction of sp³-hybridized carbons (Fsp3) is 0.222. The molecule has 0 unspecified atom stereocenters. The molecule has 0 saturated carbocycles.